The summed E-state index contributed by atoms with van der Waals surface area (Å²) >= 11 is 6.09. The Labute approximate surface area is 226 Å². The Bertz CT molecular complexity index is 1390. The maximum absolute atomic E-state index is 13.8. The highest BCUT2D eigenvalue weighted by atomic mass is 35.5. The second-order valence-corrected chi connectivity index (χ2v) is 12.5. The number of benzene rings is 1. The molecule has 1 unspecified atom stereocenters. The number of nitrogens with one attached hydrogen (secondary N) is 1. The molecule has 38 heavy (non-hydrogen) atoms. The predicted molar refractivity (Wildman–Crippen MR) is 141 cm³/mol. The fourth-order valence-electron chi connectivity index (χ4n) is 6.10. The summed E-state index contributed by atoms with van der Waals surface area (Å²) in [5, 5.41) is 1.18. The standard InChI is InChI=1S/C25H32ClN5O6S/c1-28-24(7-9-29(10-8-24)22(32)6-11-36-2)15-31-23(33)14-30(16-25(28,31)17-37-3)38(34,35)21-13-18-12-19(26)4-5-20(18)27-21/h4-6,11-13,27H,7-10,14-17H2,1-3H3/b11-6+. The largest absolute Gasteiger partial charge is 0.504 e. The normalized spacial score (nSPS) is 24.6. The molecule has 3 aliphatic rings. The molecular weight excluding hydrogens is 534 g/mol. The molecule has 5 rings (SSSR count). The van der Waals surface area contributed by atoms with Crippen molar-refractivity contribution in [2.24, 2.45) is 0 Å². The molecule has 1 aromatic carbocycles. The molecule has 0 radical (unpaired) electrons. The summed E-state index contributed by atoms with van der Waals surface area (Å²) < 4.78 is 39.2. The quantitative estimate of drug-likeness (QED) is 0.416. The number of rotatable bonds is 6. The topological polar surface area (TPSA) is 115 Å². The lowest BCUT2D eigenvalue weighted by molar-refractivity contribution is -0.152. The highest BCUT2D eigenvalue weighted by molar-refractivity contribution is 7.89. The zero-order valence-electron chi connectivity index (χ0n) is 21.6. The van der Waals surface area contributed by atoms with Gasteiger partial charge >= 0.3 is 0 Å². The van der Waals surface area contributed by atoms with Crippen molar-refractivity contribution in [3.63, 3.8) is 0 Å². The van der Waals surface area contributed by atoms with Crippen molar-refractivity contribution in [2.75, 3.05) is 60.6 Å². The zero-order chi connectivity index (χ0) is 27.3. The van der Waals surface area contributed by atoms with Crippen LogP contribution in [0.2, 0.25) is 5.02 Å². The second kappa shape index (κ2) is 9.83. The first-order valence-electron chi connectivity index (χ1n) is 12.4. The molecule has 0 aliphatic carbocycles. The van der Waals surface area contributed by atoms with Crippen LogP contribution >= 0.6 is 11.6 Å². The first-order valence-corrected chi connectivity index (χ1v) is 14.2. The van der Waals surface area contributed by atoms with Crippen LogP contribution in [-0.4, -0.2) is 116 Å². The number of fused-ring (bicyclic) bond motifs is 2. The molecule has 2 aromatic rings. The third kappa shape index (κ3) is 4.28. The number of amides is 2. The number of halogens is 1. The van der Waals surface area contributed by atoms with E-state index in [0.29, 0.717) is 48.4 Å². The first kappa shape index (κ1) is 26.9. The summed E-state index contributed by atoms with van der Waals surface area (Å²) in [6.45, 7) is 1.41. The molecule has 2 amide bonds. The SMILES string of the molecule is CO/C=C/C(=O)N1CCC2(CC1)CN1C(=O)CN(S(=O)(=O)c3cc4cc(Cl)ccc4[nH]3)CC1(COC)N2C. The van der Waals surface area contributed by atoms with E-state index in [1.165, 1.54) is 23.8 Å². The van der Waals surface area contributed by atoms with Gasteiger partial charge in [-0.15, -0.1) is 0 Å². The number of ether oxygens (including phenoxy) is 2. The van der Waals surface area contributed by atoms with Gasteiger partial charge in [-0.25, -0.2) is 8.42 Å². The number of hydrogen-bond acceptors (Lipinski definition) is 7. The number of piperazine rings is 1. The number of aromatic amines is 1. The van der Waals surface area contributed by atoms with E-state index in [0.717, 1.165) is 0 Å². The first-order chi connectivity index (χ1) is 18.1. The van der Waals surface area contributed by atoms with Crippen LogP contribution in [0.5, 0.6) is 0 Å². The van der Waals surface area contributed by atoms with E-state index in [4.69, 9.17) is 21.1 Å². The molecule has 1 atom stereocenters. The summed E-state index contributed by atoms with van der Waals surface area (Å²) in [5.74, 6) is -0.402. The van der Waals surface area contributed by atoms with Crippen molar-refractivity contribution in [2.45, 2.75) is 29.1 Å². The number of hydrogen-bond donors (Lipinski definition) is 1. The number of aromatic nitrogens is 1. The number of likely N-dealkylation sites (N-methyl/N-ethyl adjacent to an activating group) is 1. The molecule has 4 heterocycles. The lowest BCUT2D eigenvalue weighted by Gasteiger charge is -2.50. The predicted octanol–water partition coefficient (Wildman–Crippen LogP) is 1.46. The molecule has 3 aliphatic heterocycles. The highest BCUT2D eigenvalue weighted by Gasteiger charge is 2.63. The molecule has 1 aromatic heterocycles. The Morgan fingerprint density at radius 1 is 1.18 bits per heavy atom. The smallest absolute Gasteiger partial charge is 0.259 e. The van der Waals surface area contributed by atoms with Crippen LogP contribution in [0.1, 0.15) is 12.8 Å². The highest BCUT2D eigenvalue weighted by Crippen LogP contribution is 2.45. The Morgan fingerprint density at radius 2 is 1.92 bits per heavy atom. The number of likely N-dealkylation sites (tertiary alicyclic amines) is 1. The van der Waals surface area contributed by atoms with E-state index in [-0.39, 0.29) is 36.5 Å². The minimum absolute atomic E-state index is 0.00915. The number of nitrogens with zero attached hydrogens (tertiary/aromatic N) is 4. The zero-order valence-corrected chi connectivity index (χ0v) is 23.2. The summed E-state index contributed by atoms with van der Waals surface area (Å²) in [6, 6.07) is 6.65. The monoisotopic (exact) mass is 565 g/mol. The molecular formula is C25H32ClN5O6S. The van der Waals surface area contributed by atoms with Gasteiger partial charge in [-0.2, -0.15) is 4.31 Å². The summed E-state index contributed by atoms with van der Waals surface area (Å²) in [7, 11) is 0.938. The molecule has 1 spiro atoms. The Kier molecular flexibility index (Phi) is 6.97. The Hall–Kier alpha value is -2.64. The summed E-state index contributed by atoms with van der Waals surface area (Å²) in [5.41, 5.74) is -0.745. The number of methoxy groups -OCH3 is 2. The molecule has 0 saturated carbocycles. The van der Waals surface area contributed by atoms with Gasteiger partial charge in [-0.3, -0.25) is 14.5 Å². The van der Waals surface area contributed by atoms with E-state index < -0.39 is 21.2 Å². The second-order valence-electron chi connectivity index (χ2n) is 10.2. The van der Waals surface area contributed by atoms with Crippen LogP contribution < -0.4 is 0 Å². The van der Waals surface area contributed by atoms with Crippen molar-refractivity contribution in [3.8, 4) is 0 Å². The molecule has 0 bridgehead atoms. The lowest BCUT2D eigenvalue weighted by Crippen LogP contribution is -2.70. The van der Waals surface area contributed by atoms with Crippen LogP contribution in [0.3, 0.4) is 0 Å². The van der Waals surface area contributed by atoms with Crippen LogP contribution in [-0.2, 0) is 29.1 Å². The molecule has 3 saturated heterocycles. The van der Waals surface area contributed by atoms with E-state index in [9.17, 15) is 18.0 Å². The summed E-state index contributed by atoms with van der Waals surface area (Å²) in [6.07, 6.45) is 4.04. The van der Waals surface area contributed by atoms with Crippen molar-refractivity contribution in [3.05, 3.63) is 41.6 Å². The van der Waals surface area contributed by atoms with Crippen molar-refractivity contribution < 1.29 is 27.5 Å². The number of H-pyrrole nitrogens is 1. The van der Waals surface area contributed by atoms with Crippen molar-refractivity contribution in [1.82, 2.24) is 24.0 Å². The van der Waals surface area contributed by atoms with Crippen LogP contribution in [0.25, 0.3) is 10.9 Å². The maximum atomic E-state index is 13.8. The van der Waals surface area contributed by atoms with E-state index in [1.54, 1.807) is 41.2 Å². The van der Waals surface area contributed by atoms with Crippen LogP contribution in [0.4, 0.5) is 0 Å². The van der Waals surface area contributed by atoms with Gasteiger partial charge in [0.2, 0.25) is 11.8 Å². The Morgan fingerprint density at radius 3 is 2.61 bits per heavy atom. The third-order valence-electron chi connectivity index (χ3n) is 8.24. The molecule has 11 nitrogen and oxygen atoms in total. The number of piperidine rings is 1. The lowest BCUT2D eigenvalue weighted by atomic mass is 9.86. The van der Waals surface area contributed by atoms with E-state index in [1.807, 2.05) is 7.05 Å². The van der Waals surface area contributed by atoms with Crippen molar-refractivity contribution >= 4 is 44.3 Å². The average Bonchev–Trinajstić information content (AvgIpc) is 3.42. The Balaban J connectivity index is 1.43. The van der Waals surface area contributed by atoms with Gasteiger partial charge < -0.3 is 24.3 Å². The third-order valence-corrected chi connectivity index (χ3v) is 10.2. The maximum Gasteiger partial charge on any atom is 0.259 e. The molecule has 1 N–H and O–H groups in total. The molecule has 3 fully saturated rings. The minimum atomic E-state index is -4.03. The van der Waals surface area contributed by atoms with Crippen LogP contribution in [0.15, 0.2) is 41.6 Å². The van der Waals surface area contributed by atoms with Gasteiger partial charge in [-0.05, 0) is 44.2 Å². The number of sulfonamides is 1. The van der Waals surface area contributed by atoms with Gasteiger partial charge in [0, 0.05) is 54.3 Å². The van der Waals surface area contributed by atoms with Gasteiger partial charge in [0.25, 0.3) is 10.0 Å². The number of carbonyl (C=O) groups is 2. The van der Waals surface area contributed by atoms with E-state index in [2.05, 4.69) is 9.88 Å². The van der Waals surface area contributed by atoms with Gasteiger partial charge in [0.15, 0.2) is 0 Å². The fraction of sp³-hybridized carbons (Fsp3) is 0.520. The van der Waals surface area contributed by atoms with E-state index >= 15 is 0 Å². The fourth-order valence-corrected chi connectivity index (χ4v) is 7.73. The number of carbonyl (C=O) groups excluding carboxylic acids is 2. The summed E-state index contributed by atoms with van der Waals surface area (Å²) in [4.78, 5) is 34.6. The van der Waals surface area contributed by atoms with Crippen LogP contribution in [0, 0.1) is 0 Å². The van der Waals surface area contributed by atoms with Gasteiger partial charge in [0.05, 0.1) is 33.1 Å². The van der Waals surface area contributed by atoms with Crippen molar-refractivity contribution in [1.29, 1.82) is 0 Å². The molecule has 206 valence electrons. The van der Waals surface area contributed by atoms with Gasteiger partial charge in [0.1, 0.15) is 10.7 Å². The minimum Gasteiger partial charge on any atom is -0.504 e. The molecule has 13 heteroatoms. The van der Waals surface area contributed by atoms with Gasteiger partial charge in [-0.1, -0.05) is 11.6 Å². The average molecular weight is 566 g/mol.